The maximum Gasteiger partial charge on any atom is 0.207 e. The quantitative estimate of drug-likeness (QED) is 0.672. The average molecular weight is 272 g/mol. The SMILES string of the molecule is Cc1ccc2c(c1)S(=O)(=O)c1cc(C(C)C)ccc1-2. The van der Waals surface area contributed by atoms with Gasteiger partial charge in [0.1, 0.15) is 0 Å². The van der Waals surface area contributed by atoms with E-state index < -0.39 is 9.84 Å². The molecule has 98 valence electrons. The van der Waals surface area contributed by atoms with E-state index in [1.54, 1.807) is 6.07 Å². The normalized spacial score (nSPS) is 15.4. The molecule has 0 radical (unpaired) electrons. The number of aryl methyl sites for hydroxylation is 1. The molecule has 3 rings (SSSR count). The van der Waals surface area contributed by atoms with Crippen LogP contribution in [0.1, 0.15) is 30.9 Å². The molecule has 2 aromatic rings. The minimum Gasteiger partial charge on any atom is -0.218 e. The molecular formula is C16H16O2S. The highest BCUT2D eigenvalue weighted by Crippen LogP contribution is 2.44. The zero-order valence-corrected chi connectivity index (χ0v) is 12.1. The van der Waals surface area contributed by atoms with E-state index in [9.17, 15) is 8.42 Å². The van der Waals surface area contributed by atoms with Crippen LogP contribution >= 0.6 is 0 Å². The van der Waals surface area contributed by atoms with Gasteiger partial charge in [-0.15, -0.1) is 0 Å². The van der Waals surface area contributed by atoms with Gasteiger partial charge in [-0.1, -0.05) is 38.1 Å². The van der Waals surface area contributed by atoms with Gasteiger partial charge in [0.15, 0.2) is 0 Å². The molecule has 1 aliphatic rings. The highest BCUT2D eigenvalue weighted by molar-refractivity contribution is 7.92. The number of hydrogen-bond donors (Lipinski definition) is 0. The lowest BCUT2D eigenvalue weighted by Gasteiger charge is -2.07. The number of sulfone groups is 1. The maximum atomic E-state index is 12.6. The number of benzene rings is 2. The minimum absolute atomic E-state index is 0.325. The third kappa shape index (κ3) is 1.72. The molecule has 0 atom stereocenters. The Morgan fingerprint density at radius 3 is 2.11 bits per heavy atom. The molecule has 3 heteroatoms. The predicted molar refractivity (Wildman–Crippen MR) is 76.2 cm³/mol. The first-order chi connectivity index (χ1) is 8.91. The molecule has 0 aliphatic carbocycles. The summed E-state index contributed by atoms with van der Waals surface area (Å²) in [7, 11) is -3.34. The molecule has 0 amide bonds. The van der Waals surface area contributed by atoms with Gasteiger partial charge in [0.2, 0.25) is 9.84 Å². The van der Waals surface area contributed by atoms with Crippen molar-refractivity contribution in [1.29, 1.82) is 0 Å². The summed E-state index contributed by atoms with van der Waals surface area (Å²) in [5.41, 5.74) is 3.70. The van der Waals surface area contributed by atoms with Crippen molar-refractivity contribution in [1.82, 2.24) is 0 Å². The molecule has 0 bridgehead atoms. The third-order valence-electron chi connectivity index (χ3n) is 3.68. The predicted octanol–water partition coefficient (Wildman–Crippen LogP) is 3.93. The van der Waals surface area contributed by atoms with Crippen molar-refractivity contribution in [3.8, 4) is 11.1 Å². The zero-order chi connectivity index (χ0) is 13.8. The lowest BCUT2D eigenvalue weighted by Crippen LogP contribution is -1.98. The summed E-state index contributed by atoms with van der Waals surface area (Å²) in [5, 5.41) is 0. The smallest absolute Gasteiger partial charge is 0.207 e. The fourth-order valence-corrected chi connectivity index (χ4v) is 4.34. The monoisotopic (exact) mass is 272 g/mol. The summed E-state index contributed by atoms with van der Waals surface area (Å²) >= 11 is 0. The first-order valence-corrected chi connectivity index (χ1v) is 7.89. The molecule has 0 saturated heterocycles. The lowest BCUT2D eigenvalue weighted by molar-refractivity contribution is 0.598. The average Bonchev–Trinajstić information content (AvgIpc) is 2.58. The Balaban J connectivity index is 2.34. The van der Waals surface area contributed by atoms with Gasteiger partial charge < -0.3 is 0 Å². The summed E-state index contributed by atoms with van der Waals surface area (Å²) < 4.78 is 25.2. The Labute approximate surface area is 114 Å². The van der Waals surface area contributed by atoms with E-state index in [0.29, 0.717) is 15.7 Å². The topological polar surface area (TPSA) is 34.1 Å². The van der Waals surface area contributed by atoms with Crippen molar-refractivity contribution >= 4 is 9.84 Å². The summed E-state index contributed by atoms with van der Waals surface area (Å²) in [6.07, 6.45) is 0. The number of fused-ring (bicyclic) bond motifs is 3. The van der Waals surface area contributed by atoms with E-state index in [1.807, 2.05) is 37.3 Å². The van der Waals surface area contributed by atoms with Crippen molar-refractivity contribution in [3.05, 3.63) is 47.5 Å². The van der Waals surface area contributed by atoms with Gasteiger partial charge >= 0.3 is 0 Å². The standard InChI is InChI=1S/C16H16O2S/c1-10(2)12-5-7-14-13-6-4-11(3)8-15(13)19(17,18)16(14)9-12/h4-10H,1-3H3. The molecule has 1 aliphatic heterocycles. The second-order valence-electron chi connectivity index (χ2n) is 5.41. The van der Waals surface area contributed by atoms with E-state index in [0.717, 1.165) is 22.3 Å². The van der Waals surface area contributed by atoms with Crippen molar-refractivity contribution in [2.75, 3.05) is 0 Å². The Morgan fingerprint density at radius 2 is 1.47 bits per heavy atom. The van der Waals surface area contributed by atoms with Crippen LogP contribution in [0, 0.1) is 6.92 Å². The van der Waals surface area contributed by atoms with Gasteiger partial charge in [-0.2, -0.15) is 0 Å². The van der Waals surface area contributed by atoms with Crippen LogP contribution in [0.2, 0.25) is 0 Å². The lowest BCUT2D eigenvalue weighted by atomic mass is 9.98. The van der Waals surface area contributed by atoms with Gasteiger partial charge in [0, 0.05) is 11.1 Å². The van der Waals surface area contributed by atoms with E-state index >= 15 is 0 Å². The first kappa shape index (κ1) is 12.4. The summed E-state index contributed by atoms with van der Waals surface area (Å²) in [6, 6.07) is 11.4. The molecule has 1 heterocycles. The van der Waals surface area contributed by atoms with E-state index in [4.69, 9.17) is 0 Å². The van der Waals surface area contributed by atoms with E-state index in [2.05, 4.69) is 13.8 Å². The van der Waals surface area contributed by atoms with Gasteiger partial charge in [0.05, 0.1) is 9.79 Å². The first-order valence-electron chi connectivity index (χ1n) is 6.41. The van der Waals surface area contributed by atoms with Crippen molar-refractivity contribution in [2.24, 2.45) is 0 Å². The Kier molecular flexibility index (Phi) is 2.58. The van der Waals surface area contributed by atoms with Crippen LogP contribution in [0.5, 0.6) is 0 Å². The molecule has 0 aromatic heterocycles. The molecule has 0 unspecified atom stereocenters. The molecule has 0 spiro atoms. The van der Waals surface area contributed by atoms with Crippen LogP contribution in [0.25, 0.3) is 11.1 Å². The van der Waals surface area contributed by atoms with Crippen LogP contribution in [0.3, 0.4) is 0 Å². The van der Waals surface area contributed by atoms with E-state index in [1.165, 1.54) is 0 Å². The third-order valence-corrected chi connectivity index (χ3v) is 5.51. The molecular weight excluding hydrogens is 256 g/mol. The van der Waals surface area contributed by atoms with E-state index in [-0.39, 0.29) is 0 Å². The Morgan fingerprint density at radius 1 is 0.895 bits per heavy atom. The van der Waals surface area contributed by atoms with Crippen molar-refractivity contribution in [3.63, 3.8) is 0 Å². The summed E-state index contributed by atoms with van der Waals surface area (Å²) in [5.74, 6) is 0.325. The van der Waals surface area contributed by atoms with Crippen LogP contribution in [0.4, 0.5) is 0 Å². The molecule has 19 heavy (non-hydrogen) atoms. The van der Waals surface area contributed by atoms with Crippen LogP contribution in [-0.2, 0) is 9.84 Å². The van der Waals surface area contributed by atoms with Crippen LogP contribution in [0.15, 0.2) is 46.2 Å². The number of hydrogen-bond acceptors (Lipinski definition) is 2. The number of rotatable bonds is 1. The summed E-state index contributed by atoms with van der Waals surface area (Å²) in [6.45, 7) is 6.06. The molecule has 2 aromatic carbocycles. The maximum absolute atomic E-state index is 12.6. The Bertz CT molecular complexity index is 771. The summed E-state index contributed by atoms with van der Waals surface area (Å²) in [4.78, 5) is 0.905. The highest BCUT2D eigenvalue weighted by Gasteiger charge is 2.33. The Hall–Kier alpha value is -1.61. The molecule has 0 fully saturated rings. The molecule has 0 saturated carbocycles. The van der Waals surface area contributed by atoms with Crippen LogP contribution in [-0.4, -0.2) is 8.42 Å². The largest absolute Gasteiger partial charge is 0.218 e. The zero-order valence-electron chi connectivity index (χ0n) is 11.3. The second-order valence-corrected chi connectivity index (χ2v) is 7.30. The van der Waals surface area contributed by atoms with Crippen molar-refractivity contribution in [2.45, 2.75) is 36.5 Å². The molecule has 2 nitrogen and oxygen atoms in total. The highest BCUT2D eigenvalue weighted by atomic mass is 32.2. The van der Waals surface area contributed by atoms with Crippen LogP contribution < -0.4 is 0 Å². The van der Waals surface area contributed by atoms with Crippen molar-refractivity contribution < 1.29 is 8.42 Å². The van der Waals surface area contributed by atoms with Gasteiger partial charge in [-0.25, -0.2) is 8.42 Å². The second kappa shape index (κ2) is 3.94. The van der Waals surface area contributed by atoms with Gasteiger partial charge in [-0.3, -0.25) is 0 Å². The fourth-order valence-electron chi connectivity index (χ4n) is 2.54. The molecule has 0 N–H and O–H groups in total. The van der Waals surface area contributed by atoms with Gasteiger partial charge in [-0.05, 0) is 36.1 Å². The van der Waals surface area contributed by atoms with Gasteiger partial charge in [0.25, 0.3) is 0 Å². The minimum atomic E-state index is -3.34. The fraction of sp³-hybridized carbons (Fsp3) is 0.250.